The number of benzene rings is 2. The lowest BCUT2D eigenvalue weighted by molar-refractivity contribution is -0.121. The Morgan fingerprint density at radius 1 is 1.03 bits per heavy atom. The van der Waals surface area contributed by atoms with E-state index in [1.807, 2.05) is 6.92 Å². The van der Waals surface area contributed by atoms with Gasteiger partial charge in [-0.2, -0.15) is 0 Å². The predicted molar refractivity (Wildman–Crippen MR) is 125 cm³/mol. The third-order valence-corrected chi connectivity index (χ3v) is 7.09. The van der Waals surface area contributed by atoms with Gasteiger partial charge in [0.2, 0.25) is 15.9 Å². The maximum absolute atomic E-state index is 12.4. The number of amides is 1. The van der Waals surface area contributed by atoms with Crippen molar-refractivity contribution >= 4 is 31.5 Å². The fourth-order valence-electron chi connectivity index (χ4n) is 3.19. The molecule has 176 valence electrons. The van der Waals surface area contributed by atoms with Crippen LogP contribution in [-0.4, -0.2) is 48.4 Å². The molecule has 0 spiro atoms. The number of sulfonamides is 1. The average Bonchev–Trinajstić information content (AvgIpc) is 2.71. The van der Waals surface area contributed by atoms with Gasteiger partial charge in [-0.1, -0.05) is 24.3 Å². The molecule has 2 aromatic rings. The molecule has 0 fully saturated rings. The number of carbonyl (C=O) groups is 1. The Labute approximate surface area is 190 Å². The van der Waals surface area contributed by atoms with E-state index >= 15 is 0 Å². The molecule has 2 aromatic carbocycles. The van der Waals surface area contributed by atoms with Crippen molar-refractivity contribution in [3.63, 3.8) is 0 Å². The minimum absolute atomic E-state index is 0.133. The SMILES string of the molecule is CCOc1ccccc1N(CCCC(=O)N[C@@H](C)c1ccc(S(C)(=O)=O)cc1)S(C)(=O)=O. The predicted octanol–water partition coefficient (Wildman–Crippen LogP) is 2.91. The summed E-state index contributed by atoms with van der Waals surface area (Å²) >= 11 is 0. The van der Waals surface area contributed by atoms with Gasteiger partial charge in [-0.3, -0.25) is 9.10 Å². The van der Waals surface area contributed by atoms with Crippen LogP contribution >= 0.6 is 0 Å². The number of nitrogens with zero attached hydrogens (tertiary/aromatic N) is 1. The summed E-state index contributed by atoms with van der Waals surface area (Å²) in [6.07, 6.45) is 2.71. The summed E-state index contributed by atoms with van der Waals surface area (Å²) in [5.41, 5.74) is 1.21. The quantitative estimate of drug-likeness (QED) is 0.527. The summed E-state index contributed by atoms with van der Waals surface area (Å²) < 4.78 is 54.6. The number of anilines is 1. The molecule has 0 unspecified atom stereocenters. The van der Waals surface area contributed by atoms with Crippen molar-refractivity contribution < 1.29 is 26.4 Å². The first-order valence-electron chi connectivity index (χ1n) is 10.2. The van der Waals surface area contributed by atoms with Crippen molar-refractivity contribution in [2.45, 2.75) is 37.6 Å². The molecule has 32 heavy (non-hydrogen) atoms. The molecule has 0 aliphatic carbocycles. The van der Waals surface area contributed by atoms with Gasteiger partial charge in [-0.05, 0) is 50.1 Å². The van der Waals surface area contributed by atoms with E-state index in [1.54, 1.807) is 43.3 Å². The van der Waals surface area contributed by atoms with Crippen LogP contribution in [0.15, 0.2) is 53.4 Å². The van der Waals surface area contributed by atoms with Crippen LogP contribution in [0.2, 0.25) is 0 Å². The van der Waals surface area contributed by atoms with E-state index in [4.69, 9.17) is 4.74 Å². The highest BCUT2D eigenvalue weighted by Crippen LogP contribution is 2.30. The number of carbonyl (C=O) groups excluding carboxylic acids is 1. The van der Waals surface area contributed by atoms with Gasteiger partial charge in [0.1, 0.15) is 5.75 Å². The second-order valence-electron chi connectivity index (χ2n) is 7.47. The molecule has 0 aliphatic rings. The number of ether oxygens (including phenoxy) is 1. The second-order valence-corrected chi connectivity index (χ2v) is 11.4. The molecule has 0 heterocycles. The van der Waals surface area contributed by atoms with Crippen molar-refractivity contribution in [3.05, 3.63) is 54.1 Å². The summed E-state index contributed by atoms with van der Waals surface area (Å²) in [4.78, 5) is 12.6. The van der Waals surface area contributed by atoms with Crippen LogP contribution < -0.4 is 14.4 Å². The summed E-state index contributed by atoms with van der Waals surface area (Å²) in [7, 11) is -6.85. The van der Waals surface area contributed by atoms with Gasteiger partial charge in [-0.15, -0.1) is 0 Å². The molecule has 1 atom stereocenters. The fraction of sp³-hybridized carbons (Fsp3) is 0.409. The van der Waals surface area contributed by atoms with Crippen molar-refractivity contribution in [1.29, 1.82) is 0 Å². The number of sulfone groups is 1. The molecule has 0 aliphatic heterocycles. The zero-order valence-electron chi connectivity index (χ0n) is 18.7. The monoisotopic (exact) mass is 482 g/mol. The third-order valence-electron chi connectivity index (χ3n) is 4.78. The zero-order chi connectivity index (χ0) is 23.9. The van der Waals surface area contributed by atoms with Gasteiger partial charge < -0.3 is 10.1 Å². The van der Waals surface area contributed by atoms with E-state index in [9.17, 15) is 21.6 Å². The van der Waals surface area contributed by atoms with Gasteiger partial charge in [0.25, 0.3) is 0 Å². The van der Waals surface area contributed by atoms with Gasteiger partial charge in [-0.25, -0.2) is 16.8 Å². The Morgan fingerprint density at radius 3 is 2.22 bits per heavy atom. The Hall–Kier alpha value is -2.59. The maximum atomic E-state index is 12.4. The van der Waals surface area contributed by atoms with Crippen LogP contribution in [0.1, 0.15) is 38.3 Å². The van der Waals surface area contributed by atoms with Crippen LogP contribution in [0.25, 0.3) is 0 Å². The second kappa shape index (κ2) is 10.8. The molecule has 10 heteroatoms. The van der Waals surface area contributed by atoms with Crippen LogP contribution in [-0.2, 0) is 24.7 Å². The van der Waals surface area contributed by atoms with E-state index in [0.717, 1.165) is 18.1 Å². The summed E-state index contributed by atoms with van der Waals surface area (Å²) in [6.45, 7) is 4.16. The smallest absolute Gasteiger partial charge is 0.232 e. The van der Waals surface area contributed by atoms with Gasteiger partial charge in [0, 0.05) is 19.2 Å². The summed E-state index contributed by atoms with van der Waals surface area (Å²) in [6, 6.07) is 12.9. The van der Waals surface area contributed by atoms with Gasteiger partial charge >= 0.3 is 0 Å². The molecular weight excluding hydrogens is 452 g/mol. The van der Waals surface area contributed by atoms with E-state index < -0.39 is 19.9 Å². The Bertz CT molecular complexity index is 1130. The lowest BCUT2D eigenvalue weighted by Crippen LogP contribution is -2.33. The highest BCUT2D eigenvalue weighted by atomic mass is 32.2. The van der Waals surface area contributed by atoms with Crippen molar-refractivity contribution in [3.8, 4) is 5.75 Å². The van der Waals surface area contributed by atoms with Crippen LogP contribution in [0, 0.1) is 0 Å². The van der Waals surface area contributed by atoms with E-state index in [0.29, 0.717) is 24.5 Å². The molecule has 1 N–H and O–H groups in total. The molecule has 1 amide bonds. The Morgan fingerprint density at radius 2 is 1.66 bits per heavy atom. The molecule has 0 radical (unpaired) electrons. The molecule has 2 rings (SSSR count). The molecule has 0 saturated heterocycles. The third kappa shape index (κ3) is 7.23. The molecular formula is C22H30N2O6S2. The molecule has 8 nitrogen and oxygen atoms in total. The number of rotatable bonds is 11. The first kappa shape index (κ1) is 25.7. The number of para-hydroxylation sites is 2. The standard InChI is InChI=1S/C22H30N2O6S2/c1-5-30-21-10-7-6-9-20(21)24(32(4,28)29)16-8-11-22(25)23-17(2)18-12-14-19(15-13-18)31(3,26)27/h6-7,9-10,12-15,17H,5,8,11,16H2,1-4H3,(H,23,25)/t17-/m0/s1. The number of hydrogen-bond acceptors (Lipinski definition) is 6. The van der Waals surface area contributed by atoms with Crippen LogP contribution in [0.4, 0.5) is 5.69 Å². The van der Waals surface area contributed by atoms with Crippen molar-refractivity contribution in [2.75, 3.05) is 30.0 Å². The van der Waals surface area contributed by atoms with Crippen LogP contribution in [0.3, 0.4) is 0 Å². The van der Waals surface area contributed by atoms with E-state index in [-0.39, 0.29) is 29.8 Å². The topological polar surface area (TPSA) is 110 Å². The molecule has 0 bridgehead atoms. The molecule has 0 saturated carbocycles. The average molecular weight is 483 g/mol. The van der Waals surface area contributed by atoms with E-state index in [2.05, 4.69) is 5.32 Å². The first-order chi connectivity index (χ1) is 14.9. The fourth-order valence-corrected chi connectivity index (χ4v) is 4.79. The Kier molecular flexibility index (Phi) is 8.68. The van der Waals surface area contributed by atoms with Crippen molar-refractivity contribution in [2.24, 2.45) is 0 Å². The number of hydrogen-bond donors (Lipinski definition) is 1. The molecule has 0 aromatic heterocycles. The van der Waals surface area contributed by atoms with Gasteiger partial charge in [0.05, 0.1) is 29.5 Å². The lowest BCUT2D eigenvalue weighted by Gasteiger charge is -2.24. The first-order valence-corrected chi connectivity index (χ1v) is 14.0. The van der Waals surface area contributed by atoms with Crippen LogP contribution in [0.5, 0.6) is 5.75 Å². The van der Waals surface area contributed by atoms with Crippen molar-refractivity contribution in [1.82, 2.24) is 5.32 Å². The number of nitrogens with one attached hydrogen (secondary N) is 1. The summed E-state index contributed by atoms with van der Waals surface area (Å²) in [5, 5.41) is 2.86. The normalized spacial score (nSPS) is 12.8. The largest absolute Gasteiger partial charge is 0.492 e. The maximum Gasteiger partial charge on any atom is 0.232 e. The summed E-state index contributed by atoms with van der Waals surface area (Å²) in [5.74, 6) is 0.243. The minimum Gasteiger partial charge on any atom is -0.492 e. The highest BCUT2D eigenvalue weighted by Gasteiger charge is 2.21. The zero-order valence-corrected chi connectivity index (χ0v) is 20.4. The van der Waals surface area contributed by atoms with E-state index in [1.165, 1.54) is 16.4 Å². The lowest BCUT2D eigenvalue weighted by atomic mass is 10.1. The van der Waals surface area contributed by atoms with Gasteiger partial charge in [0.15, 0.2) is 9.84 Å². The minimum atomic E-state index is -3.57. The highest BCUT2D eigenvalue weighted by molar-refractivity contribution is 7.92. The Balaban J connectivity index is 1.99.